The normalized spacial score (nSPS) is 10.5. The largest absolute Gasteiger partial charge is 0.490 e. The van der Waals surface area contributed by atoms with Crippen LogP contribution in [0, 0.1) is 6.92 Å². The van der Waals surface area contributed by atoms with Gasteiger partial charge in [-0.3, -0.25) is 0 Å². The lowest BCUT2D eigenvalue weighted by molar-refractivity contribution is 0.425. The van der Waals surface area contributed by atoms with Gasteiger partial charge >= 0.3 is 7.12 Å². The topological polar surface area (TPSA) is 71.2 Å². The maximum absolute atomic E-state index is 8.99. The number of rotatable bonds is 2. The Labute approximate surface area is 101 Å². The van der Waals surface area contributed by atoms with Crippen molar-refractivity contribution in [1.82, 2.24) is 14.8 Å². The van der Waals surface area contributed by atoms with E-state index in [9.17, 15) is 0 Å². The van der Waals surface area contributed by atoms with Gasteiger partial charge in [-0.15, -0.1) is 0 Å². The summed E-state index contributed by atoms with van der Waals surface area (Å²) in [6.45, 7) is 1.89. The van der Waals surface area contributed by atoms with Gasteiger partial charge in [0.1, 0.15) is 0 Å². The molecule has 7 heteroatoms. The molecule has 0 aliphatic heterocycles. The fourth-order valence-corrected chi connectivity index (χ4v) is 1.84. The molecule has 0 spiro atoms. The second kappa shape index (κ2) is 4.36. The molecule has 2 heterocycles. The van der Waals surface area contributed by atoms with Crippen molar-refractivity contribution in [1.29, 1.82) is 0 Å². The zero-order valence-electron chi connectivity index (χ0n) is 8.50. The minimum absolute atomic E-state index is 0.333. The second-order valence-electron chi connectivity index (χ2n) is 3.35. The first-order chi connectivity index (χ1) is 7.58. The molecule has 0 aliphatic carbocycles. The summed E-state index contributed by atoms with van der Waals surface area (Å²) in [5.74, 6) is 0.609. The van der Waals surface area contributed by atoms with Crippen LogP contribution in [-0.4, -0.2) is 31.9 Å². The van der Waals surface area contributed by atoms with Gasteiger partial charge in [0.2, 0.25) is 0 Å². The summed E-state index contributed by atoms with van der Waals surface area (Å²) in [6.07, 6.45) is 3.19. The first-order valence-electron chi connectivity index (χ1n) is 4.62. The number of halogens is 1. The smallest absolute Gasteiger partial charge is 0.423 e. The van der Waals surface area contributed by atoms with Crippen molar-refractivity contribution in [2.45, 2.75) is 6.92 Å². The molecule has 5 nitrogen and oxygen atoms in total. The molecule has 82 valence electrons. The number of aryl methyl sites for hydroxylation is 1. The summed E-state index contributed by atoms with van der Waals surface area (Å²) >= 11 is 3.32. The molecule has 0 bridgehead atoms. The van der Waals surface area contributed by atoms with Crippen LogP contribution >= 0.6 is 15.9 Å². The van der Waals surface area contributed by atoms with E-state index in [4.69, 9.17) is 10.0 Å². The summed E-state index contributed by atoms with van der Waals surface area (Å²) in [5, 5.41) is 22.2. The van der Waals surface area contributed by atoms with Crippen LogP contribution in [0.4, 0.5) is 0 Å². The van der Waals surface area contributed by atoms with Crippen LogP contribution in [0.15, 0.2) is 29.0 Å². The Morgan fingerprint density at radius 1 is 1.44 bits per heavy atom. The molecule has 0 fully saturated rings. The third kappa shape index (κ3) is 2.16. The van der Waals surface area contributed by atoms with Gasteiger partial charge in [0, 0.05) is 17.9 Å². The van der Waals surface area contributed by atoms with Crippen molar-refractivity contribution in [2.75, 3.05) is 0 Å². The van der Waals surface area contributed by atoms with Crippen LogP contribution in [0.25, 0.3) is 5.82 Å². The average molecular weight is 282 g/mol. The van der Waals surface area contributed by atoms with Crippen LogP contribution in [0.3, 0.4) is 0 Å². The maximum atomic E-state index is 8.99. The van der Waals surface area contributed by atoms with Gasteiger partial charge in [0.05, 0.1) is 10.2 Å². The van der Waals surface area contributed by atoms with Gasteiger partial charge in [-0.2, -0.15) is 5.10 Å². The predicted molar refractivity (Wildman–Crippen MR) is 63.6 cm³/mol. The van der Waals surface area contributed by atoms with Crippen LogP contribution < -0.4 is 5.46 Å². The van der Waals surface area contributed by atoms with Gasteiger partial charge in [-0.05, 0) is 35.0 Å². The highest BCUT2D eigenvalue weighted by atomic mass is 79.9. The number of aromatic nitrogens is 3. The van der Waals surface area contributed by atoms with Crippen molar-refractivity contribution in [3.05, 3.63) is 34.7 Å². The van der Waals surface area contributed by atoms with Gasteiger partial charge in [0.25, 0.3) is 0 Å². The summed E-state index contributed by atoms with van der Waals surface area (Å²) in [7, 11) is -1.52. The maximum Gasteiger partial charge on any atom is 0.490 e. The summed E-state index contributed by atoms with van der Waals surface area (Å²) < 4.78 is 2.27. The number of hydrogen-bond acceptors (Lipinski definition) is 4. The minimum Gasteiger partial charge on any atom is -0.423 e. The number of hydrogen-bond donors (Lipinski definition) is 2. The van der Waals surface area contributed by atoms with E-state index in [1.54, 1.807) is 16.9 Å². The summed E-state index contributed by atoms with van der Waals surface area (Å²) in [5.41, 5.74) is 1.22. The average Bonchev–Trinajstić information content (AvgIpc) is 2.64. The van der Waals surface area contributed by atoms with Gasteiger partial charge in [-0.25, -0.2) is 9.67 Å². The highest BCUT2D eigenvalue weighted by molar-refractivity contribution is 9.10. The van der Waals surface area contributed by atoms with E-state index in [0.29, 0.717) is 15.8 Å². The molecule has 0 atom stereocenters. The first-order valence-corrected chi connectivity index (χ1v) is 5.41. The van der Waals surface area contributed by atoms with Crippen molar-refractivity contribution < 1.29 is 10.0 Å². The Bertz CT molecular complexity index is 515. The minimum atomic E-state index is -1.52. The molecule has 0 amide bonds. The second-order valence-corrected chi connectivity index (χ2v) is 4.20. The van der Waals surface area contributed by atoms with E-state index in [0.717, 1.165) is 5.69 Å². The predicted octanol–water partition coefficient (Wildman–Crippen LogP) is 0.0180. The molecule has 2 rings (SSSR count). The lowest BCUT2D eigenvalue weighted by Gasteiger charge is -2.05. The standard InChI is InChI=1S/C9H9BBrN3O2/c1-6-2-3-14(13-6)9-8(11)4-7(5-12-9)10(15)16/h2-5,15-16H,1H3. The lowest BCUT2D eigenvalue weighted by Crippen LogP contribution is -2.30. The Morgan fingerprint density at radius 3 is 2.69 bits per heavy atom. The quantitative estimate of drug-likeness (QED) is 0.762. The van der Waals surface area contributed by atoms with Crippen molar-refractivity contribution in [3.8, 4) is 5.82 Å². The Balaban J connectivity index is 2.44. The van der Waals surface area contributed by atoms with Crippen LogP contribution in [-0.2, 0) is 0 Å². The Morgan fingerprint density at radius 2 is 2.19 bits per heavy atom. The third-order valence-corrected chi connectivity index (χ3v) is 2.66. The van der Waals surface area contributed by atoms with Crippen LogP contribution in [0.5, 0.6) is 0 Å². The molecule has 16 heavy (non-hydrogen) atoms. The third-order valence-electron chi connectivity index (χ3n) is 2.08. The van der Waals surface area contributed by atoms with Crippen molar-refractivity contribution in [2.24, 2.45) is 0 Å². The van der Waals surface area contributed by atoms with Crippen molar-refractivity contribution >= 4 is 28.5 Å². The molecule has 0 saturated carbocycles. The molecule has 2 N–H and O–H groups in total. The number of pyridine rings is 1. The fraction of sp³-hybridized carbons (Fsp3) is 0.111. The molecule has 0 aliphatic rings. The SMILES string of the molecule is Cc1ccn(-c2ncc(B(O)O)cc2Br)n1. The molecule has 0 unspecified atom stereocenters. The highest BCUT2D eigenvalue weighted by Crippen LogP contribution is 2.16. The summed E-state index contributed by atoms with van der Waals surface area (Å²) in [4.78, 5) is 4.12. The van der Waals surface area contributed by atoms with E-state index in [-0.39, 0.29) is 0 Å². The first kappa shape index (κ1) is 11.3. The van der Waals surface area contributed by atoms with E-state index in [1.165, 1.54) is 6.20 Å². The van der Waals surface area contributed by atoms with E-state index < -0.39 is 7.12 Å². The molecular formula is C9H9BBrN3O2. The molecule has 2 aromatic heterocycles. The van der Waals surface area contributed by atoms with Gasteiger partial charge < -0.3 is 10.0 Å². The number of nitrogens with zero attached hydrogens (tertiary/aromatic N) is 3. The molecule has 2 aromatic rings. The van der Waals surface area contributed by atoms with Crippen molar-refractivity contribution in [3.63, 3.8) is 0 Å². The summed E-state index contributed by atoms with van der Waals surface area (Å²) in [6, 6.07) is 3.47. The van der Waals surface area contributed by atoms with Crippen LogP contribution in [0.2, 0.25) is 0 Å². The Kier molecular flexibility index (Phi) is 3.09. The highest BCUT2D eigenvalue weighted by Gasteiger charge is 2.14. The van der Waals surface area contributed by atoms with E-state index in [2.05, 4.69) is 26.0 Å². The lowest BCUT2D eigenvalue weighted by atomic mass is 9.82. The Hall–Kier alpha value is -1.18. The zero-order valence-corrected chi connectivity index (χ0v) is 10.1. The molecule has 0 radical (unpaired) electrons. The monoisotopic (exact) mass is 281 g/mol. The van der Waals surface area contributed by atoms with Crippen LogP contribution in [0.1, 0.15) is 5.69 Å². The van der Waals surface area contributed by atoms with Gasteiger partial charge in [0.15, 0.2) is 5.82 Å². The van der Waals surface area contributed by atoms with E-state index >= 15 is 0 Å². The molecule has 0 saturated heterocycles. The fourth-order valence-electron chi connectivity index (χ4n) is 1.29. The van der Waals surface area contributed by atoms with Gasteiger partial charge in [-0.1, -0.05) is 0 Å². The van der Waals surface area contributed by atoms with E-state index in [1.807, 2.05) is 13.0 Å². The molecule has 0 aromatic carbocycles. The molecular weight excluding hydrogens is 273 g/mol. The zero-order chi connectivity index (χ0) is 11.7.